The number of cyclic esters (lactones) is 1. The number of β-lactam (4-membered cyclic amide) rings is 1. The Balaban J connectivity index is 1.54. The van der Waals surface area contributed by atoms with Gasteiger partial charge in [-0.3, -0.25) is 14.1 Å². The van der Waals surface area contributed by atoms with E-state index in [1.165, 1.54) is 5.38 Å². The number of oxime groups is 1. The van der Waals surface area contributed by atoms with Gasteiger partial charge in [0.15, 0.2) is 16.8 Å². The van der Waals surface area contributed by atoms with Crippen molar-refractivity contribution in [2.24, 2.45) is 21.6 Å². The first kappa shape index (κ1) is 27.8. The van der Waals surface area contributed by atoms with Gasteiger partial charge in [0.2, 0.25) is 5.60 Å². The van der Waals surface area contributed by atoms with E-state index in [0.29, 0.717) is 0 Å². The Bertz CT molecular complexity index is 1370. The molecule has 0 aromatic carbocycles. The van der Waals surface area contributed by atoms with Crippen molar-refractivity contribution < 1.29 is 46.8 Å². The van der Waals surface area contributed by atoms with Gasteiger partial charge in [-0.2, -0.15) is 8.42 Å². The number of ether oxygens (including phenoxy) is 1. The van der Waals surface area contributed by atoms with Crippen LogP contribution >= 0.6 is 11.3 Å². The zero-order valence-corrected chi connectivity index (χ0v) is 21.4. The Morgan fingerprint density at radius 3 is 2.56 bits per heavy atom. The number of rotatable bonds is 11. The van der Waals surface area contributed by atoms with Gasteiger partial charge in [-0.15, -0.1) is 11.3 Å². The van der Waals surface area contributed by atoms with Crippen molar-refractivity contribution in [2.45, 2.75) is 36.6 Å². The normalized spacial score (nSPS) is 24.0. The standard InChI is InChI=1S/C18H23N9O10S2/c19-15(20)22-3-7-4-26(17(32)36-7)5-9-11(13(29)27(9)39(33,34)35)24-12(28)10(8-6-38-16(21)23-8)25-37-18(1-2-18)14(30)31/h6-7,9,11H,1-5H2,(H2,21,23)(H,24,28)(H,30,31)(H4,19,20,22)(H,33,34,35)/b25-10+/t7-,9-,11+/m1/s1. The molecule has 1 aromatic rings. The predicted octanol–water partition coefficient (Wildman–Crippen LogP) is -3.34. The quantitative estimate of drug-likeness (QED) is 0.0483. The second-order valence-electron chi connectivity index (χ2n) is 8.71. The number of hydrogen-bond donors (Lipinski definition) is 6. The number of carbonyl (C=O) groups excluding carboxylic acids is 3. The van der Waals surface area contributed by atoms with Crippen LogP contribution in [-0.2, 0) is 34.3 Å². The number of aromatic nitrogens is 1. The van der Waals surface area contributed by atoms with Crippen molar-refractivity contribution in [3.63, 3.8) is 0 Å². The molecule has 9 N–H and O–H groups in total. The van der Waals surface area contributed by atoms with E-state index in [1.807, 2.05) is 0 Å². The Hall–Kier alpha value is -4.24. The minimum Gasteiger partial charge on any atom is -0.478 e. The van der Waals surface area contributed by atoms with E-state index in [1.54, 1.807) is 0 Å². The average molecular weight is 590 g/mol. The summed E-state index contributed by atoms with van der Waals surface area (Å²) in [4.78, 5) is 63.3. The van der Waals surface area contributed by atoms with Crippen molar-refractivity contribution in [1.29, 1.82) is 0 Å². The molecule has 2 saturated heterocycles. The molecule has 1 aliphatic carbocycles. The number of carboxylic acid groups (broad SMARTS) is 1. The number of carbonyl (C=O) groups is 4. The Labute approximate surface area is 223 Å². The third-order valence-electron chi connectivity index (χ3n) is 5.92. The van der Waals surface area contributed by atoms with Gasteiger partial charge < -0.3 is 42.1 Å². The number of nitrogens with one attached hydrogen (secondary N) is 1. The summed E-state index contributed by atoms with van der Waals surface area (Å²) in [5.74, 6) is -3.83. The summed E-state index contributed by atoms with van der Waals surface area (Å²) in [5, 5.41) is 16.6. The van der Waals surface area contributed by atoms with Crippen LogP contribution in [0.2, 0.25) is 0 Å². The molecular weight excluding hydrogens is 566 g/mol. The lowest BCUT2D eigenvalue weighted by Crippen LogP contribution is -2.74. The van der Waals surface area contributed by atoms with Crippen LogP contribution in [-0.4, -0.2) is 111 Å². The highest BCUT2D eigenvalue weighted by molar-refractivity contribution is 7.84. The molecule has 39 heavy (non-hydrogen) atoms. The summed E-state index contributed by atoms with van der Waals surface area (Å²) < 4.78 is 38.5. The van der Waals surface area contributed by atoms with E-state index in [9.17, 15) is 37.3 Å². The lowest BCUT2D eigenvalue weighted by Gasteiger charge is -2.45. The van der Waals surface area contributed by atoms with Crippen LogP contribution in [0.4, 0.5) is 9.93 Å². The topological polar surface area (TPSA) is 296 Å². The summed E-state index contributed by atoms with van der Waals surface area (Å²) in [7, 11) is -5.08. The van der Waals surface area contributed by atoms with Gasteiger partial charge in [0.25, 0.3) is 11.8 Å². The van der Waals surface area contributed by atoms with Crippen molar-refractivity contribution in [1.82, 2.24) is 19.5 Å². The fourth-order valence-corrected chi connectivity index (χ4v) is 5.21. The molecule has 1 aromatic heterocycles. The number of aliphatic imine (C=N–C) groups is 1. The smallest absolute Gasteiger partial charge is 0.410 e. The molecule has 0 radical (unpaired) electrons. The van der Waals surface area contributed by atoms with Gasteiger partial charge in [0, 0.05) is 24.8 Å². The molecule has 1 saturated carbocycles. The molecule has 0 bridgehead atoms. The summed E-state index contributed by atoms with van der Waals surface area (Å²) in [6.07, 6.45) is -1.37. The van der Waals surface area contributed by atoms with E-state index in [-0.39, 0.29) is 47.0 Å². The maximum atomic E-state index is 13.1. The molecular formula is C18H23N9O10S2. The molecule has 3 amide bonds. The summed E-state index contributed by atoms with van der Waals surface area (Å²) >= 11 is 0.940. The first-order valence-corrected chi connectivity index (χ1v) is 13.3. The number of anilines is 1. The van der Waals surface area contributed by atoms with E-state index < -0.39 is 70.2 Å². The SMILES string of the molecule is NC(N)=NC[C@@H]1CN(C[C@@H]2[C@H](NC(=O)/C(=N/OC3(C(=O)O)CC3)c3csc(N)n3)C(=O)N2S(=O)(=O)O)C(=O)O1. The van der Waals surface area contributed by atoms with E-state index in [4.69, 9.17) is 26.8 Å². The lowest BCUT2D eigenvalue weighted by molar-refractivity contribution is -0.153. The van der Waals surface area contributed by atoms with Crippen LogP contribution in [0.15, 0.2) is 15.5 Å². The zero-order valence-electron chi connectivity index (χ0n) is 19.8. The fourth-order valence-electron chi connectivity index (χ4n) is 3.79. The average Bonchev–Trinajstić information content (AvgIpc) is 3.39. The number of thiazole rings is 1. The van der Waals surface area contributed by atoms with Gasteiger partial charge in [0.1, 0.15) is 17.8 Å². The molecule has 3 atom stereocenters. The Morgan fingerprint density at radius 2 is 2.03 bits per heavy atom. The maximum absolute atomic E-state index is 13.1. The number of amides is 3. The third kappa shape index (κ3) is 5.78. The number of aliphatic carboxylic acids is 1. The number of guanidine groups is 1. The van der Waals surface area contributed by atoms with Crippen molar-refractivity contribution >= 4 is 62.3 Å². The number of carboxylic acids is 1. The zero-order chi connectivity index (χ0) is 28.7. The fraction of sp³-hybridized carbons (Fsp3) is 0.500. The second-order valence-corrected chi connectivity index (χ2v) is 10.9. The van der Waals surface area contributed by atoms with Crippen LogP contribution < -0.4 is 22.5 Å². The van der Waals surface area contributed by atoms with Crippen molar-refractivity contribution in [3.8, 4) is 0 Å². The number of nitrogens with zero attached hydrogens (tertiary/aromatic N) is 5. The molecule has 4 rings (SSSR count). The molecule has 0 unspecified atom stereocenters. The molecule has 3 fully saturated rings. The summed E-state index contributed by atoms with van der Waals surface area (Å²) in [6.45, 7) is -0.636. The van der Waals surface area contributed by atoms with Gasteiger partial charge in [-0.25, -0.2) is 23.9 Å². The minimum atomic E-state index is -5.08. The highest BCUT2D eigenvalue weighted by atomic mass is 32.2. The van der Waals surface area contributed by atoms with Crippen molar-refractivity contribution in [3.05, 3.63) is 11.1 Å². The van der Waals surface area contributed by atoms with E-state index >= 15 is 0 Å². The summed E-state index contributed by atoms with van der Waals surface area (Å²) in [5.41, 5.74) is 13.9. The van der Waals surface area contributed by atoms with Gasteiger partial charge in [-0.05, 0) is 0 Å². The first-order chi connectivity index (χ1) is 18.2. The monoisotopic (exact) mass is 589 g/mol. The minimum absolute atomic E-state index is 0.0443. The van der Waals surface area contributed by atoms with Crippen molar-refractivity contribution in [2.75, 3.05) is 25.4 Å². The molecule has 2 aliphatic heterocycles. The van der Waals surface area contributed by atoms with E-state index in [0.717, 1.165) is 16.2 Å². The number of nitrogens with two attached hydrogens (primary N) is 3. The third-order valence-corrected chi connectivity index (χ3v) is 7.55. The Morgan fingerprint density at radius 1 is 1.33 bits per heavy atom. The van der Waals surface area contributed by atoms with Crippen LogP contribution in [0.5, 0.6) is 0 Å². The van der Waals surface area contributed by atoms with Gasteiger partial charge in [0.05, 0.1) is 19.1 Å². The largest absolute Gasteiger partial charge is 0.478 e. The lowest BCUT2D eigenvalue weighted by atomic mass is 9.97. The molecule has 3 heterocycles. The van der Waals surface area contributed by atoms with E-state index in [2.05, 4.69) is 20.4 Å². The first-order valence-electron chi connectivity index (χ1n) is 11.1. The van der Waals surface area contributed by atoms with Gasteiger partial charge in [-0.1, -0.05) is 5.16 Å². The van der Waals surface area contributed by atoms with Crippen LogP contribution in [0, 0.1) is 0 Å². The molecule has 21 heteroatoms. The van der Waals surface area contributed by atoms with Crippen LogP contribution in [0.1, 0.15) is 18.5 Å². The van der Waals surface area contributed by atoms with Gasteiger partial charge >= 0.3 is 22.4 Å². The van der Waals surface area contributed by atoms with Crippen LogP contribution in [0.25, 0.3) is 0 Å². The Kier molecular flexibility index (Phi) is 7.23. The summed E-state index contributed by atoms with van der Waals surface area (Å²) in [6, 6.07) is -3.00. The molecule has 0 spiro atoms. The second kappa shape index (κ2) is 10.1. The highest BCUT2D eigenvalue weighted by Crippen LogP contribution is 2.40. The molecule has 19 nitrogen and oxygen atoms in total. The molecule has 212 valence electrons. The molecule has 3 aliphatic rings. The predicted molar refractivity (Wildman–Crippen MR) is 130 cm³/mol. The highest BCUT2D eigenvalue weighted by Gasteiger charge is 2.56. The van der Waals surface area contributed by atoms with Crippen LogP contribution in [0.3, 0.4) is 0 Å². The number of hydrogen-bond acceptors (Lipinski definition) is 13. The maximum Gasteiger partial charge on any atom is 0.410 e. The number of nitrogen functional groups attached to an aromatic ring is 1.